The summed E-state index contributed by atoms with van der Waals surface area (Å²) in [5.74, 6) is 1.50. The summed E-state index contributed by atoms with van der Waals surface area (Å²) in [7, 11) is 0. The molecule has 114 valence electrons. The predicted octanol–water partition coefficient (Wildman–Crippen LogP) is 4.02. The molecular formula is C18H12ClFN2O. The monoisotopic (exact) mass is 326 g/mol. The number of hydrogen-bond donors (Lipinski definition) is 2. The van der Waals surface area contributed by atoms with Gasteiger partial charge in [0.25, 0.3) is 5.91 Å². The number of terminal acetylenes is 1. The number of amides is 1. The van der Waals surface area contributed by atoms with Gasteiger partial charge in [-0.3, -0.25) is 4.79 Å². The summed E-state index contributed by atoms with van der Waals surface area (Å²) < 4.78 is 14.3. The van der Waals surface area contributed by atoms with Crippen LogP contribution in [0, 0.1) is 25.1 Å². The Bertz CT molecular complexity index is 998. The second kappa shape index (κ2) is 5.45. The van der Waals surface area contributed by atoms with Gasteiger partial charge in [0, 0.05) is 27.1 Å². The summed E-state index contributed by atoms with van der Waals surface area (Å²) in [6.45, 7) is 1.77. The van der Waals surface area contributed by atoms with Crippen molar-refractivity contribution in [3.05, 3.63) is 58.0 Å². The minimum Gasteiger partial charge on any atom is -0.364 e. The van der Waals surface area contributed by atoms with Crippen molar-refractivity contribution in [1.82, 2.24) is 4.98 Å². The number of benzene rings is 2. The summed E-state index contributed by atoms with van der Waals surface area (Å²) in [5.41, 5.74) is 8.44. The largest absolute Gasteiger partial charge is 0.364 e. The van der Waals surface area contributed by atoms with Gasteiger partial charge in [-0.15, -0.1) is 6.42 Å². The van der Waals surface area contributed by atoms with E-state index >= 15 is 0 Å². The Morgan fingerprint density at radius 1 is 1.30 bits per heavy atom. The number of primary amides is 1. The summed E-state index contributed by atoms with van der Waals surface area (Å²) in [4.78, 5) is 14.5. The molecule has 0 atom stereocenters. The van der Waals surface area contributed by atoms with Crippen LogP contribution in [0.4, 0.5) is 4.39 Å². The number of carbonyl (C=O) groups is 1. The van der Waals surface area contributed by atoms with E-state index in [1.54, 1.807) is 31.2 Å². The Kier molecular flexibility index (Phi) is 3.59. The molecule has 0 fully saturated rings. The first-order chi connectivity index (χ1) is 10.9. The number of fused-ring (bicyclic) bond motifs is 1. The highest BCUT2D eigenvalue weighted by molar-refractivity contribution is 6.30. The molecule has 3 N–H and O–H groups in total. The molecular weight excluding hydrogens is 315 g/mol. The van der Waals surface area contributed by atoms with Crippen LogP contribution in [0.25, 0.3) is 22.0 Å². The number of nitrogens with two attached hydrogens (primary N) is 1. The minimum absolute atomic E-state index is 0.282. The van der Waals surface area contributed by atoms with Crippen LogP contribution >= 0.6 is 11.6 Å². The molecule has 0 unspecified atom stereocenters. The maximum atomic E-state index is 14.3. The standard InChI is InChI=1S/C18H12ClFN2O/c1-3-10-6-13-9(2)16(18(21)23)22-17(13)14(7-10)12-5-4-11(19)8-15(12)20/h1,4-8,22H,2H3,(H2,21,23). The van der Waals surface area contributed by atoms with Gasteiger partial charge in [-0.05, 0) is 42.8 Å². The van der Waals surface area contributed by atoms with Gasteiger partial charge in [0.1, 0.15) is 11.5 Å². The Morgan fingerprint density at radius 2 is 2.04 bits per heavy atom. The van der Waals surface area contributed by atoms with E-state index in [2.05, 4.69) is 10.9 Å². The quantitative estimate of drug-likeness (QED) is 0.687. The fourth-order valence-electron chi connectivity index (χ4n) is 2.68. The van der Waals surface area contributed by atoms with Crippen molar-refractivity contribution >= 4 is 28.4 Å². The smallest absolute Gasteiger partial charge is 0.265 e. The summed E-state index contributed by atoms with van der Waals surface area (Å²) in [6, 6.07) is 7.86. The van der Waals surface area contributed by atoms with E-state index in [1.165, 1.54) is 6.07 Å². The zero-order chi connectivity index (χ0) is 16.7. The molecule has 0 bridgehead atoms. The van der Waals surface area contributed by atoms with Gasteiger partial charge in [0.15, 0.2) is 0 Å². The molecule has 0 aliphatic heterocycles. The van der Waals surface area contributed by atoms with Crippen LogP contribution in [0.2, 0.25) is 5.02 Å². The molecule has 3 aromatic rings. The number of nitrogens with one attached hydrogen (secondary N) is 1. The topological polar surface area (TPSA) is 58.9 Å². The summed E-state index contributed by atoms with van der Waals surface area (Å²) in [5, 5.41) is 1.04. The fraction of sp³-hybridized carbons (Fsp3) is 0.0556. The fourth-order valence-corrected chi connectivity index (χ4v) is 2.83. The molecule has 1 amide bonds. The molecule has 0 radical (unpaired) electrons. The van der Waals surface area contributed by atoms with Crippen molar-refractivity contribution in [1.29, 1.82) is 0 Å². The van der Waals surface area contributed by atoms with Crippen molar-refractivity contribution in [2.75, 3.05) is 0 Å². The van der Waals surface area contributed by atoms with Crippen LogP contribution in [0.1, 0.15) is 21.6 Å². The first kappa shape index (κ1) is 15.1. The summed E-state index contributed by atoms with van der Waals surface area (Å²) >= 11 is 5.81. The van der Waals surface area contributed by atoms with E-state index in [0.29, 0.717) is 32.8 Å². The third-order valence-electron chi connectivity index (χ3n) is 3.80. The van der Waals surface area contributed by atoms with E-state index in [0.717, 1.165) is 5.39 Å². The van der Waals surface area contributed by atoms with Crippen molar-refractivity contribution in [3.63, 3.8) is 0 Å². The van der Waals surface area contributed by atoms with Crippen LogP contribution < -0.4 is 5.73 Å². The number of carbonyl (C=O) groups excluding carboxylic acids is 1. The van der Waals surface area contributed by atoms with E-state index < -0.39 is 11.7 Å². The molecule has 1 aromatic heterocycles. The van der Waals surface area contributed by atoms with Gasteiger partial charge in [0.05, 0.1) is 5.52 Å². The number of aromatic nitrogens is 1. The number of rotatable bonds is 2. The van der Waals surface area contributed by atoms with E-state index in [4.69, 9.17) is 23.8 Å². The molecule has 23 heavy (non-hydrogen) atoms. The Labute approximate surface area is 137 Å². The van der Waals surface area contributed by atoms with Crippen LogP contribution in [0.5, 0.6) is 0 Å². The zero-order valence-electron chi connectivity index (χ0n) is 12.2. The Hall–Kier alpha value is -2.77. The van der Waals surface area contributed by atoms with Gasteiger partial charge in [0.2, 0.25) is 0 Å². The minimum atomic E-state index is -0.580. The highest BCUT2D eigenvalue weighted by Gasteiger charge is 2.18. The average Bonchev–Trinajstić information content (AvgIpc) is 2.84. The molecule has 0 spiro atoms. The highest BCUT2D eigenvalue weighted by Crippen LogP contribution is 2.34. The number of hydrogen-bond acceptors (Lipinski definition) is 1. The number of aryl methyl sites for hydroxylation is 1. The van der Waals surface area contributed by atoms with Crippen molar-refractivity contribution in [2.45, 2.75) is 6.92 Å². The second-order valence-corrected chi connectivity index (χ2v) is 5.64. The third kappa shape index (κ3) is 2.45. The molecule has 1 heterocycles. The SMILES string of the molecule is C#Cc1cc(-c2ccc(Cl)cc2F)c2[nH]c(C(N)=O)c(C)c2c1. The number of aromatic amines is 1. The molecule has 0 saturated carbocycles. The van der Waals surface area contributed by atoms with Crippen molar-refractivity contribution in [2.24, 2.45) is 5.73 Å². The van der Waals surface area contributed by atoms with E-state index in [-0.39, 0.29) is 5.69 Å². The van der Waals surface area contributed by atoms with E-state index in [9.17, 15) is 9.18 Å². The molecule has 5 heteroatoms. The third-order valence-corrected chi connectivity index (χ3v) is 4.04. The first-order valence-electron chi connectivity index (χ1n) is 6.80. The summed E-state index contributed by atoms with van der Waals surface area (Å²) in [6.07, 6.45) is 5.50. The van der Waals surface area contributed by atoms with Crippen molar-refractivity contribution in [3.8, 4) is 23.5 Å². The van der Waals surface area contributed by atoms with Gasteiger partial charge in [-0.1, -0.05) is 17.5 Å². The molecule has 3 nitrogen and oxygen atoms in total. The van der Waals surface area contributed by atoms with Gasteiger partial charge in [-0.2, -0.15) is 0 Å². The maximum absolute atomic E-state index is 14.3. The number of halogens is 2. The second-order valence-electron chi connectivity index (χ2n) is 5.20. The lowest BCUT2D eigenvalue weighted by Gasteiger charge is -2.07. The normalized spacial score (nSPS) is 10.7. The molecule has 3 rings (SSSR count). The van der Waals surface area contributed by atoms with E-state index in [1.807, 2.05) is 0 Å². The lowest BCUT2D eigenvalue weighted by Crippen LogP contribution is -2.12. The molecule has 0 aliphatic carbocycles. The lowest BCUT2D eigenvalue weighted by molar-refractivity contribution is 0.0996. The Balaban J connectivity index is 2.42. The highest BCUT2D eigenvalue weighted by atomic mass is 35.5. The van der Waals surface area contributed by atoms with Crippen LogP contribution in [0.3, 0.4) is 0 Å². The number of H-pyrrole nitrogens is 1. The van der Waals surface area contributed by atoms with Gasteiger partial charge < -0.3 is 10.7 Å². The first-order valence-corrected chi connectivity index (χ1v) is 7.18. The lowest BCUT2D eigenvalue weighted by atomic mass is 9.98. The molecule has 0 aliphatic rings. The van der Waals surface area contributed by atoms with Crippen LogP contribution in [0.15, 0.2) is 30.3 Å². The predicted molar refractivity (Wildman–Crippen MR) is 89.9 cm³/mol. The molecule has 0 saturated heterocycles. The van der Waals surface area contributed by atoms with Crippen LogP contribution in [-0.2, 0) is 0 Å². The van der Waals surface area contributed by atoms with Crippen LogP contribution in [-0.4, -0.2) is 10.9 Å². The molecule has 2 aromatic carbocycles. The maximum Gasteiger partial charge on any atom is 0.265 e. The van der Waals surface area contributed by atoms with Crippen molar-refractivity contribution < 1.29 is 9.18 Å². The average molecular weight is 327 g/mol. The Morgan fingerprint density at radius 3 is 2.65 bits per heavy atom. The van der Waals surface area contributed by atoms with Gasteiger partial charge >= 0.3 is 0 Å². The zero-order valence-corrected chi connectivity index (χ0v) is 13.0. The van der Waals surface area contributed by atoms with Gasteiger partial charge in [-0.25, -0.2) is 4.39 Å².